The van der Waals surface area contributed by atoms with Gasteiger partial charge in [0.2, 0.25) is 5.95 Å². The molecule has 1 aromatic heterocycles. The molecule has 26 heavy (non-hydrogen) atoms. The Bertz CT molecular complexity index is 981. The van der Waals surface area contributed by atoms with Crippen LogP contribution in [0.2, 0.25) is 10.0 Å². The number of carbonyl (C=O) groups excluding carboxylic acids is 1. The summed E-state index contributed by atoms with van der Waals surface area (Å²) in [5, 5.41) is 6.12. The van der Waals surface area contributed by atoms with E-state index in [1.54, 1.807) is 6.07 Å². The maximum absolute atomic E-state index is 13.2. The number of benzene rings is 2. The Morgan fingerprint density at radius 3 is 2.50 bits per heavy atom. The van der Waals surface area contributed by atoms with Crippen LogP contribution in [0, 0.1) is 12.7 Å². The Balaban J connectivity index is 1.76. The quantitative estimate of drug-likeness (QED) is 0.640. The largest absolute Gasteiger partial charge is 0.324 e. The number of nitrogens with zero attached hydrogens (tertiary/aromatic N) is 2. The van der Waals surface area contributed by atoms with Crippen LogP contribution >= 0.6 is 23.2 Å². The molecule has 5 nitrogen and oxygen atoms in total. The third-order valence-electron chi connectivity index (χ3n) is 3.49. The summed E-state index contributed by atoms with van der Waals surface area (Å²) in [6.07, 6.45) is 1.46. The molecule has 0 atom stereocenters. The zero-order valence-corrected chi connectivity index (χ0v) is 15.1. The normalized spacial score (nSPS) is 10.5. The Hall–Kier alpha value is -2.70. The minimum absolute atomic E-state index is 0.0795. The molecule has 1 amide bonds. The van der Waals surface area contributed by atoms with E-state index in [0.717, 1.165) is 5.56 Å². The highest BCUT2D eigenvalue weighted by molar-refractivity contribution is 6.31. The SMILES string of the molecule is Cc1ccc(Nc2nccc(C(=O)Nc3ccc(F)c(Cl)c3)n2)cc1Cl. The van der Waals surface area contributed by atoms with Crippen molar-refractivity contribution in [3.8, 4) is 0 Å². The van der Waals surface area contributed by atoms with Crippen LogP contribution in [0.3, 0.4) is 0 Å². The zero-order valence-electron chi connectivity index (χ0n) is 13.6. The Morgan fingerprint density at radius 1 is 1.04 bits per heavy atom. The van der Waals surface area contributed by atoms with Crippen LogP contribution in [0.5, 0.6) is 0 Å². The maximum Gasteiger partial charge on any atom is 0.274 e. The van der Waals surface area contributed by atoms with Crippen molar-refractivity contribution < 1.29 is 9.18 Å². The molecule has 0 aliphatic carbocycles. The van der Waals surface area contributed by atoms with Gasteiger partial charge >= 0.3 is 0 Å². The van der Waals surface area contributed by atoms with Crippen molar-refractivity contribution in [3.05, 3.63) is 75.8 Å². The first-order valence-corrected chi connectivity index (χ1v) is 8.30. The molecule has 3 aromatic rings. The number of aryl methyl sites for hydroxylation is 1. The number of hydrogen-bond donors (Lipinski definition) is 2. The number of carbonyl (C=O) groups is 1. The Labute approximate surface area is 159 Å². The first-order chi connectivity index (χ1) is 12.4. The predicted octanol–water partition coefficient (Wildman–Crippen LogP) is 5.23. The van der Waals surface area contributed by atoms with E-state index in [2.05, 4.69) is 20.6 Å². The Morgan fingerprint density at radius 2 is 1.77 bits per heavy atom. The summed E-state index contributed by atoms with van der Waals surface area (Å²) in [5.41, 5.74) is 2.15. The first-order valence-electron chi connectivity index (χ1n) is 7.55. The second-order valence-corrected chi connectivity index (χ2v) is 6.25. The molecule has 0 aliphatic rings. The number of rotatable bonds is 4. The van der Waals surface area contributed by atoms with E-state index in [-0.39, 0.29) is 16.7 Å². The summed E-state index contributed by atoms with van der Waals surface area (Å²) in [5.74, 6) is -0.787. The minimum Gasteiger partial charge on any atom is -0.324 e. The molecule has 0 aliphatic heterocycles. The molecular formula is C18H13Cl2FN4O. The van der Waals surface area contributed by atoms with Crippen LogP contribution in [0.4, 0.5) is 21.7 Å². The zero-order chi connectivity index (χ0) is 18.7. The van der Waals surface area contributed by atoms with Gasteiger partial charge in [-0.05, 0) is 48.9 Å². The molecule has 0 spiro atoms. The fraction of sp³-hybridized carbons (Fsp3) is 0.0556. The van der Waals surface area contributed by atoms with Gasteiger partial charge in [0.1, 0.15) is 11.5 Å². The third kappa shape index (κ3) is 4.28. The summed E-state index contributed by atoms with van der Waals surface area (Å²) in [6, 6.07) is 10.8. The monoisotopic (exact) mass is 390 g/mol. The minimum atomic E-state index is -0.560. The van der Waals surface area contributed by atoms with Gasteiger partial charge in [-0.3, -0.25) is 4.79 Å². The third-order valence-corrected chi connectivity index (χ3v) is 4.19. The average molecular weight is 391 g/mol. The summed E-state index contributed by atoms with van der Waals surface area (Å²) in [6.45, 7) is 1.90. The highest BCUT2D eigenvalue weighted by Crippen LogP contribution is 2.22. The van der Waals surface area contributed by atoms with Crippen molar-refractivity contribution >= 4 is 46.4 Å². The van der Waals surface area contributed by atoms with Crippen LogP contribution in [-0.2, 0) is 0 Å². The predicted molar refractivity (Wildman–Crippen MR) is 101 cm³/mol. The molecule has 2 aromatic carbocycles. The van der Waals surface area contributed by atoms with Gasteiger partial charge in [0.15, 0.2) is 0 Å². The van der Waals surface area contributed by atoms with Crippen molar-refractivity contribution in [1.82, 2.24) is 9.97 Å². The summed E-state index contributed by atoms with van der Waals surface area (Å²) in [4.78, 5) is 20.6. The van der Waals surface area contributed by atoms with Crippen LogP contribution in [-0.4, -0.2) is 15.9 Å². The summed E-state index contributed by atoms with van der Waals surface area (Å²) >= 11 is 11.8. The van der Waals surface area contributed by atoms with Crippen molar-refractivity contribution in [2.75, 3.05) is 10.6 Å². The number of nitrogens with one attached hydrogen (secondary N) is 2. The fourth-order valence-electron chi connectivity index (χ4n) is 2.11. The number of amides is 1. The molecule has 3 rings (SSSR count). The van der Waals surface area contributed by atoms with Gasteiger partial charge in [-0.1, -0.05) is 29.3 Å². The van der Waals surface area contributed by atoms with Crippen LogP contribution in [0.25, 0.3) is 0 Å². The molecule has 2 N–H and O–H groups in total. The van der Waals surface area contributed by atoms with Crippen LogP contribution in [0.15, 0.2) is 48.7 Å². The first kappa shape index (κ1) is 18.1. The highest BCUT2D eigenvalue weighted by atomic mass is 35.5. The average Bonchev–Trinajstić information content (AvgIpc) is 2.61. The van der Waals surface area contributed by atoms with E-state index >= 15 is 0 Å². The smallest absolute Gasteiger partial charge is 0.274 e. The van der Waals surface area contributed by atoms with E-state index in [0.29, 0.717) is 16.4 Å². The second kappa shape index (κ2) is 7.68. The van der Waals surface area contributed by atoms with Gasteiger partial charge < -0.3 is 10.6 Å². The van der Waals surface area contributed by atoms with Gasteiger partial charge in [-0.2, -0.15) is 0 Å². The van der Waals surface area contributed by atoms with Gasteiger partial charge in [-0.15, -0.1) is 0 Å². The van der Waals surface area contributed by atoms with E-state index in [9.17, 15) is 9.18 Å². The standard InChI is InChI=1S/C18H13Cl2FN4O/c1-10-2-3-12(8-13(10)19)24-18-22-7-6-16(25-18)17(26)23-11-4-5-15(21)14(20)9-11/h2-9H,1H3,(H,23,26)(H,22,24,25). The van der Waals surface area contributed by atoms with Crippen LogP contribution < -0.4 is 10.6 Å². The molecule has 1 heterocycles. The fourth-order valence-corrected chi connectivity index (χ4v) is 2.48. The van der Waals surface area contributed by atoms with Gasteiger partial charge in [0, 0.05) is 22.6 Å². The molecule has 0 saturated carbocycles. The lowest BCUT2D eigenvalue weighted by molar-refractivity contribution is 0.102. The molecule has 0 unspecified atom stereocenters. The Kier molecular flexibility index (Phi) is 5.35. The molecular weight excluding hydrogens is 378 g/mol. The van der Waals surface area contributed by atoms with E-state index in [4.69, 9.17) is 23.2 Å². The maximum atomic E-state index is 13.2. The van der Waals surface area contributed by atoms with Gasteiger partial charge in [0.05, 0.1) is 5.02 Å². The van der Waals surface area contributed by atoms with E-state index < -0.39 is 11.7 Å². The van der Waals surface area contributed by atoms with Crippen molar-refractivity contribution in [1.29, 1.82) is 0 Å². The molecule has 132 valence electrons. The van der Waals surface area contributed by atoms with Gasteiger partial charge in [-0.25, -0.2) is 14.4 Å². The lowest BCUT2D eigenvalue weighted by atomic mass is 10.2. The molecule has 0 fully saturated rings. The molecule has 0 bridgehead atoms. The number of halogens is 3. The number of anilines is 3. The van der Waals surface area contributed by atoms with E-state index in [1.807, 2.05) is 19.1 Å². The summed E-state index contributed by atoms with van der Waals surface area (Å²) in [7, 11) is 0. The molecule has 0 saturated heterocycles. The molecule has 8 heteroatoms. The lowest BCUT2D eigenvalue weighted by Gasteiger charge is -2.09. The lowest BCUT2D eigenvalue weighted by Crippen LogP contribution is -2.14. The molecule has 0 radical (unpaired) electrons. The topological polar surface area (TPSA) is 66.9 Å². The van der Waals surface area contributed by atoms with E-state index in [1.165, 1.54) is 30.5 Å². The van der Waals surface area contributed by atoms with Crippen LogP contribution in [0.1, 0.15) is 16.1 Å². The van der Waals surface area contributed by atoms with Crippen molar-refractivity contribution in [2.24, 2.45) is 0 Å². The van der Waals surface area contributed by atoms with Crippen molar-refractivity contribution in [2.45, 2.75) is 6.92 Å². The second-order valence-electron chi connectivity index (χ2n) is 5.44. The number of aromatic nitrogens is 2. The number of hydrogen-bond acceptors (Lipinski definition) is 4. The van der Waals surface area contributed by atoms with Gasteiger partial charge in [0.25, 0.3) is 5.91 Å². The highest BCUT2D eigenvalue weighted by Gasteiger charge is 2.11. The summed E-state index contributed by atoms with van der Waals surface area (Å²) < 4.78 is 13.2. The van der Waals surface area contributed by atoms with Crippen molar-refractivity contribution in [3.63, 3.8) is 0 Å².